The number of ether oxygens (including phenoxy) is 2. The van der Waals surface area contributed by atoms with Crippen molar-refractivity contribution in [3.05, 3.63) is 87.9 Å². The maximum absolute atomic E-state index is 12.8. The number of fused-ring (bicyclic) bond motifs is 2. The van der Waals surface area contributed by atoms with Gasteiger partial charge in [0, 0.05) is 35.3 Å². The van der Waals surface area contributed by atoms with E-state index in [4.69, 9.17) is 9.47 Å². The zero-order valence-electron chi connectivity index (χ0n) is 16.1. The molecule has 1 aliphatic rings. The molecular weight excluding hydrogens is 398 g/mol. The minimum absolute atomic E-state index is 0.186. The van der Waals surface area contributed by atoms with E-state index in [1.807, 2.05) is 29.8 Å². The number of esters is 1. The molecule has 30 heavy (non-hydrogen) atoms. The van der Waals surface area contributed by atoms with Crippen LogP contribution in [0.25, 0.3) is 17.0 Å². The number of carbonyl (C=O) groups is 2. The molecule has 0 atom stereocenters. The molecule has 5 rings (SSSR count). The third-order valence-electron chi connectivity index (χ3n) is 5.02. The Balaban J connectivity index is 1.45. The van der Waals surface area contributed by atoms with Gasteiger partial charge in [0.2, 0.25) is 5.78 Å². The topological polar surface area (TPSA) is 57.5 Å². The maximum Gasteiger partial charge on any atom is 0.353 e. The fraction of sp³-hybridized carbons (Fsp3) is 0.0833. The van der Waals surface area contributed by atoms with Crippen LogP contribution in [0, 0.1) is 0 Å². The number of hydrogen-bond donors (Lipinski definition) is 0. The van der Waals surface area contributed by atoms with Crippen LogP contribution >= 0.6 is 11.3 Å². The third kappa shape index (κ3) is 3.11. The lowest BCUT2D eigenvalue weighted by molar-refractivity contribution is 0.0739. The van der Waals surface area contributed by atoms with E-state index in [0.717, 1.165) is 23.0 Å². The summed E-state index contributed by atoms with van der Waals surface area (Å²) in [7, 11) is 0. The number of hydrogen-bond acceptors (Lipinski definition) is 5. The number of benzene rings is 2. The summed E-state index contributed by atoms with van der Waals surface area (Å²) in [6, 6.07) is 16.4. The van der Waals surface area contributed by atoms with Gasteiger partial charge in [-0.05, 0) is 42.6 Å². The van der Waals surface area contributed by atoms with Crippen molar-refractivity contribution in [3.63, 3.8) is 0 Å². The largest absolute Gasteiger partial charge is 0.452 e. The Kier molecular flexibility index (Phi) is 4.48. The second kappa shape index (κ2) is 7.31. The molecule has 4 aromatic rings. The molecule has 0 aliphatic carbocycles. The first-order chi connectivity index (χ1) is 14.6. The Labute approximate surface area is 176 Å². The van der Waals surface area contributed by atoms with Crippen molar-refractivity contribution in [2.24, 2.45) is 0 Å². The standard InChI is InChI=1S/C24H17NO4S/c1-2-25-14-15(17-6-3-4-7-19(17)25)12-21-23(26)18-10-9-16(13-20(18)29-21)28-24(27)22-8-5-11-30-22/h3-14H,2H2,1H3/b21-12+. The van der Waals surface area contributed by atoms with Crippen molar-refractivity contribution in [3.8, 4) is 11.5 Å². The Morgan fingerprint density at radius 1 is 1.17 bits per heavy atom. The Bertz CT molecular complexity index is 1310. The summed E-state index contributed by atoms with van der Waals surface area (Å²) in [4.78, 5) is 25.5. The van der Waals surface area contributed by atoms with Crippen LogP contribution < -0.4 is 9.47 Å². The molecule has 0 fully saturated rings. The minimum atomic E-state index is -0.433. The average Bonchev–Trinajstić information content (AvgIpc) is 3.48. The SMILES string of the molecule is CCn1cc(/C=C2/Oc3cc(OC(=O)c4cccs4)ccc3C2=O)c2ccccc21. The van der Waals surface area contributed by atoms with E-state index in [1.165, 1.54) is 11.3 Å². The first-order valence-corrected chi connectivity index (χ1v) is 10.4. The van der Waals surface area contributed by atoms with E-state index in [2.05, 4.69) is 17.6 Å². The molecule has 0 radical (unpaired) electrons. The molecular formula is C24H17NO4S. The Hall–Kier alpha value is -3.64. The van der Waals surface area contributed by atoms with Gasteiger partial charge in [-0.3, -0.25) is 4.79 Å². The van der Waals surface area contributed by atoms with Crippen LogP contribution in [0.1, 0.15) is 32.5 Å². The van der Waals surface area contributed by atoms with Crippen molar-refractivity contribution in [2.45, 2.75) is 13.5 Å². The lowest BCUT2D eigenvalue weighted by Crippen LogP contribution is -2.06. The molecule has 0 unspecified atom stereocenters. The first-order valence-electron chi connectivity index (χ1n) is 9.56. The molecule has 1 aliphatic heterocycles. The molecule has 0 amide bonds. The number of Topliss-reactive ketones (excluding diaryl/α,β-unsaturated/α-hetero) is 1. The van der Waals surface area contributed by atoms with Crippen LogP contribution in [0.3, 0.4) is 0 Å². The smallest absolute Gasteiger partial charge is 0.353 e. The van der Waals surface area contributed by atoms with Gasteiger partial charge in [0.1, 0.15) is 16.4 Å². The van der Waals surface area contributed by atoms with Crippen LogP contribution in [0.2, 0.25) is 0 Å². The van der Waals surface area contributed by atoms with Crippen molar-refractivity contribution in [2.75, 3.05) is 0 Å². The summed E-state index contributed by atoms with van der Waals surface area (Å²) in [6.45, 7) is 2.91. The molecule has 0 spiro atoms. The van der Waals surface area contributed by atoms with Gasteiger partial charge in [0.25, 0.3) is 0 Å². The zero-order chi connectivity index (χ0) is 20.7. The first kappa shape index (κ1) is 18.4. The van der Waals surface area contributed by atoms with Gasteiger partial charge in [-0.1, -0.05) is 24.3 Å². The van der Waals surface area contributed by atoms with Gasteiger partial charge in [-0.2, -0.15) is 0 Å². The molecule has 2 aromatic carbocycles. The third-order valence-corrected chi connectivity index (χ3v) is 5.87. The van der Waals surface area contributed by atoms with Gasteiger partial charge in [0.05, 0.1) is 5.56 Å². The Morgan fingerprint density at radius 3 is 2.83 bits per heavy atom. The quantitative estimate of drug-likeness (QED) is 0.249. The molecule has 148 valence electrons. The second-order valence-electron chi connectivity index (χ2n) is 6.85. The van der Waals surface area contributed by atoms with E-state index in [9.17, 15) is 9.59 Å². The fourth-order valence-corrected chi connectivity index (χ4v) is 4.17. The van der Waals surface area contributed by atoms with E-state index in [0.29, 0.717) is 21.9 Å². The zero-order valence-corrected chi connectivity index (χ0v) is 16.9. The van der Waals surface area contributed by atoms with Crippen LogP contribution in [-0.4, -0.2) is 16.3 Å². The predicted molar refractivity (Wildman–Crippen MR) is 116 cm³/mol. The number of allylic oxidation sites excluding steroid dienone is 1. The predicted octanol–water partition coefficient (Wildman–Crippen LogP) is 5.56. The van der Waals surface area contributed by atoms with Crippen molar-refractivity contribution in [1.29, 1.82) is 0 Å². The number of ketones is 1. The van der Waals surface area contributed by atoms with Gasteiger partial charge >= 0.3 is 5.97 Å². The summed E-state index contributed by atoms with van der Waals surface area (Å²) < 4.78 is 13.4. The molecule has 0 bridgehead atoms. The van der Waals surface area contributed by atoms with E-state index < -0.39 is 5.97 Å². The monoisotopic (exact) mass is 415 g/mol. The summed E-state index contributed by atoms with van der Waals surface area (Å²) in [6.07, 6.45) is 3.79. The van der Waals surface area contributed by atoms with Gasteiger partial charge in [-0.15, -0.1) is 11.3 Å². The number of thiophene rings is 1. The second-order valence-corrected chi connectivity index (χ2v) is 7.80. The van der Waals surface area contributed by atoms with E-state index in [-0.39, 0.29) is 11.5 Å². The number of aryl methyl sites for hydroxylation is 1. The average molecular weight is 415 g/mol. The van der Waals surface area contributed by atoms with Crippen LogP contribution in [0.5, 0.6) is 11.5 Å². The summed E-state index contributed by atoms with van der Waals surface area (Å²) in [5.74, 6) is 0.364. The number of nitrogens with zero attached hydrogens (tertiary/aromatic N) is 1. The lowest BCUT2D eigenvalue weighted by Gasteiger charge is -2.04. The number of rotatable bonds is 4. The summed E-state index contributed by atoms with van der Waals surface area (Å²) in [5, 5.41) is 2.87. The molecule has 6 heteroatoms. The highest BCUT2D eigenvalue weighted by molar-refractivity contribution is 7.12. The van der Waals surface area contributed by atoms with Crippen molar-refractivity contribution < 1.29 is 19.1 Å². The highest BCUT2D eigenvalue weighted by atomic mass is 32.1. The summed E-state index contributed by atoms with van der Waals surface area (Å²) >= 11 is 1.31. The van der Waals surface area contributed by atoms with E-state index >= 15 is 0 Å². The van der Waals surface area contributed by atoms with Crippen LogP contribution in [-0.2, 0) is 6.54 Å². The molecule has 0 N–H and O–H groups in total. The van der Waals surface area contributed by atoms with Gasteiger partial charge < -0.3 is 14.0 Å². The number of aromatic nitrogens is 1. The fourth-order valence-electron chi connectivity index (χ4n) is 3.58. The molecule has 2 aromatic heterocycles. The maximum atomic E-state index is 12.8. The highest BCUT2D eigenvalue weighted by Gasteiger charge is 2.28. The van der Waals surface area contributed by atoms with Crippen LogP contribution in [0.4, 0.5) is 0 Å². The van der Waals surface area contributed by atoms with Crippen molar-refractivity contribution in [1.82, 2.24) is 4.57 Å². The Morgan fingerprint density at radius 2 is 2.03 bits per heavy atom. The molecule has 0 saturated carbocycles. The molecule has 5 nitrogen and oxygen atoms in total. The lowest BCUT2D eigenvalue weighted by atomic mass is 10.1. The minimum Gasteiger partial charge on any atom is -0.452 e. The normalized spacial score (nSPS) is 14.2. The number of para-hydroxylation sites is 1. The van der Waals surface area contributed by atoms with Gasteiger partial charge in [0.15, 0.2) is 5.76 Å². The molecule has 0 saturated heterocycles. The van der Waals surface area contributed by atoms with E-state index in [1.54, 1.807) is 36.4 Å². The van der Waals surface area contributed by atoms with Crippen molar-refractivity contribution >= 4 is 40.1 Å². The van der Waals surface area contributed by atoms with Crippen LogP contribution in [0.15, 0.2) is 71.9 Å². The van der Waals surface area contributed by atoms with Gasteiger partial charge in [-0.25, -0.2) is 4.79 Å². The number of carbonyl (C=O) groups excluding carboxylic acids is 2. The summed E-state index contributed by atoms with van der Waals surface area (Å²) in [5.41, 5.74) is 2.49. The molecule has 3 heterocycles. The highest BCUT2D eigenvalue weighted by Crippen LogP contribution is 2.36.